The zero-order valence-electron chi connectivity index (χ0n) is 15.8. The van der Waals surface area contributed by atoms with Crippen molar-refractivity contribution >= 4 is 28.0 Å². The number of nitrogens with one attached hydrogen (secondary N) is 1. The number of amides is 1. The maximum atomic E-state index is 12.5. The number of anilines is 1. The summed E-state index contributed by atoms with van der Waals surface area (Å²) >= 11 is 1.42. The molecule has 0 fully saturated rings. The van der Waals surface area contributed by atoms with Crippen molar-refractivity contribution < 1.29 is 9.53 Å². The lowest BCUT2D eigenvalue weighted by atomic mass is 10.1. The first-order chi connectivity index (χ1) is 12.4. The van der Waals surface area contributed by atoms with Gasteiger partial charge in [0.25, 0.3) is 5.91 Å². The third-order valence-electron chi connectivity index (χ3n) is 4.19. The highest BCUT2D eigenvalue weighted by atomic mass is 32.1. The summed E-state index contributed by atoms with van der Waals surface area (Å²) in [5.41, 5.74) is 4.03. The Hall–Kier alpha value is -2.38. The number of hydrogen-bond acceptors (Lipinski definition) is 5. The predicted octanol–water partition coefficient (Wildman–Crippen LogP) is 3.44. The van der Waals surface area contributed by atoms with Gasteiger partial charge in [0.05, 0.1) is 6.61 Å². The summed E-state index contributed by atoms with van der Waals surface area (Å²) in [5, 5.41) is 3.43. The van der Waals surface area contributed by atoms with Crippen molar-refractivity contribution in [3.05, 3.63) is 40.4 Å². The Morgan fingerprint density at radius 3 is 2.77 bits per heavy atom. The molecular weight excluding hydrogens is 348 g/mol. The van der Waals surface area contributed by atoms with Crippen molar-refractivity contribution in [2.45, 2.75) is 13.8 Å². The van der Waals surface area contributed by atoms with Crippen LogP contribution >= 0.6 is 11.3 Å². The first-order valence-electron chi connectivity index (χ1n) is 8.47. The topological polar surface area (TPSA) is 58.9 Å². The summed E-state index contributed by atoms with van der Waals surface area (Å²) < 4.78 is 7.21. The summed E-state index contributed by atoms with van der Waals surface area (Å²) in [6.45, 7) is 5.28. The molecule has 0 aliphatic heterocycles. The van der Waals surface area contributed by atoms with Crippen LogP contribution in [0.1, 0.15) is 20.9 Å². The highest BCUT2D eigenvalue weighted by molar-refractivity contribution is 7.19. The van der Waals surface area contributed by atoms with Crippen molar-refractivity contribution in [2.75, 3.05) is 39.7 Å². The first kappa shape index (κ1) is 18.4. The molecule has 2 heterocycles. The van der Waals surface area contributed by atoms with Crippen molar-refractivity contribution in [1.29, 1.82) is 0 Å². The molecule has 0 saturated carbocycles. The van der Waals surface area contributed by atoms with Gasteiger partial charge in [-0.3, -0.25) is 9.20 Å². The lowest BCUT2D eigenvalue weighted by molar-refractivity contribution is 0.0831. The van der Waals surface area contributed by atoms with Gasteiger partial charge in [-0.1, -0.05) is 35.1 Å². The minimum absolute atomic E-state index is 0.00190. The first-order valence-corrected chi connectivity index (χ1v) is 9.29. The molecule has 0 spiro atoms. The molecule has 0 aliphatic carbocycles. The van der Waals surface area contributed by atoms with Gasteiger partial charge < -0.3 is 15.0 Å². The summed E-state index contributed by atoms with van der Waals surface area (Å²) in [4.78, 5) is 20.4. The van der Waals surface area contributed by atoms with E-state index in [-0.39, 0.29) is 5.91 Å². The van der Waals surface area contributed by atoms with Gasteiger partial charge in [0.2, 0.25) is 0 Å². The number of carbonyl (C=O) groups is 1. The monoisotopic (exact) mass is 372 g/mol. The van der Waals surface area contributed by atoms with Gasteiger partial charge in [-0.2, -0.15) is 0 Å². The summed E-state index contributed by atoms with van der Waals surface area (Å²) in [6, 6.07) is 8.28. The maximum Gasteiger partial charge on any atom is 0.265 e. The number of nitrogens with zero attached hydrogens (tertiary/aromatic N) is 3. The molecule has 0 bridgehead atoms. The number of carbonyl (C=O) groups excluding carboxylic acids is 1. The van der Waals surface area contributed by atoms with Crippen molar-refractivity contribution in [2.24, 2.45) is 0 Å². The molecule has 138 valence electrons. The lowest BCUT2D eigenvalue weighted by Crippen LogP contribution is -2.21. The van der Waals surface area contributed by atoms with Crippen molar-refractivity contribution in [3.63, 3.8) is 0 Å². The van der Waals surface area contributed by atoms with E-state index in [1.165, 1.54) is 16.9 Å². The van der Waals surface area contributed by atoms with Gasteiger partial charge in [0, 0.05) is 39.0 Å². The van der Waals surface area contributed by atoms with Crippen LogP contribution < -0.4 is 5.32 Å². The molecule has 7 heteroatoms. The summed E-state index contributed by atoms with van der Waals surface area (Å²) in [7, 11) is 5.21. The van der Waals surface area contributed by atoms with E-state index in [2.05, 4.69) is 30.4 Å². The Kier molecular flexibility index (Phi) is 5.29. The maximum absolute atomic E-state index is 12.5. The van der Waals surface area contributed by atoms with E-state index in [9.17, 15) is 4.79 Å². The van der Waals surface area contributed by atoms with E-state index in [0.717, 1.165) is 27.7 Å². The SMILES string of the molecule is COCCNc1c(-c2cccc(C)c2)nc2sc(C(=O)N(C)C)c(C)n12. The number of aryl methyl sites for hydroxylation is 2. The third kappa shape index (κ3) is 3.32. The molecule has 0 aliphatic rings. The summed E-state index contributed by atoms with van der Waals surface area (Å²) in [6.07, 6.45) is 0. The minimum atomic E-state index is -0.00190. The Balaban J connectivity index is 2.16. The van der Waals surface area contributed by atoms with E-state index in [1.807, 2.05) is 17.4 Å². The molecule has 6 nitrogen and oxygen atoms in total. The van der Waals surface area contributed by atoms with Crippen LogP contribution in [-0.4, -0.2) is 54.5 Å². The van der Waals surface area contributed by atoms with E-state index in [0.29, 0.717) is 18.0 Å². The van der Waals surface area contributed by atoms with Gasteiger partial charge in [-0.15, -0.1) is 0 Å². The molecule has 0 saturated heterocycles. The molecule has 0 unspecified atom stereocenters. The zero-order chi connectivity index (χ0) is 18.8. The van der Waals surface area contributed by atoms with Crippen molar-refractivity contribution in [1.82, 2.24) is 14.3 Å². The predicted molar refractivity (Wildman–Crippen MR) is 106 cm³/mol. The van der Waals surface area contributed by atoms with E-state index in [1.54, 1.807) is 26.1 Å². The number of aromatic nitrogens is 2. The number of methoxy groups -OCH3 is 1. The number of ether oxygens (including phenoxy) is 1. The standard InChI is InChI=1S/C19H24N4O2S/c1-12-7-6-8-14(11-12)15-17(20-9-10-25-5)23-13(2)16(18(24)22(3)4)26-19(23)21-15/h6-8,11,20H,9-10H2,1-5H3. The molecule has 26 heavy (non-hydrogen) atoms. The van der Waals surface area contributed by atoms with Gasteiger partial charge in [-0.25, -0.2) is 4.98 Å². The zero-order valence-corrected chi connectivity index (χ0v) is 16.6. The molecule has 3 rings (SSSR count). The quantitative estimate of drug-likeness (QED) is 0.674. The van der Waals surface area contributed by atoms with Crippen LogP contribution in [0.2, 0.25) is 0 Å². The minimum Gasteiger partial charge on any atom is -0.383 e. The Morgan fingerprint density at radius 1 is 1.35 bits per heavy atom. The number of thiazole rings is 1. The average molecular weight is 372 g/mol. The second-order valence-corrected chi connectivity index (χ2v) is 7.41. The number of benzene rings is 1. The van der Waals surface area contributed by atoms with Gasteiger partial charge in [0.15, 0.2) is 4.96 Å². The molecule has 1 amide bonds. The highest BCUT2D eigenvalue weighted by Gasteiger charge is 2.23. The number of rotatable bonds is 6. The Labute approximate surface area is 157 Å². The van der Waals surface area contributed by atoms with E-state index < -0.39 is 0 Å². The van der Waals surface area contributed by atoms with Crippen LogP contribution in [0.3, 0.4) is 0 Å². The second kappa shape index (κ2) is 7.47. The smallest absolute Gasteiger partial charge is 0.265 e. The van der Waals surface area contributed by atoms with Crippen LogP contribution in [-0.2, 0) is 4.74 Å². The van der Waals surface area contributed by atoms with E-state index >= 15 is 0 Å². The molecule has 0 radical (unpaired) electrons. The van der Waals surface area contributed by atoms with Gasteiger partial charge in [0.1, 0.15) is 16.4 Å². The van der Waals surface area contributed by atoms with Gasteiger partial charge in [-0.05, 0) is 19.9 Å². The largest absolute Gasteiger partial charge is 0.383 e. The van der Waals surface area contributed by atoms with Gasteiger partial charge >= 0.3 is 0 Å². The number of hydrogen-bond donors (Lipinski definition) is 1. The lowest BCUT2D eigenvalue weighted by Gasteiger charge is -2.11. The second-order valence-electron chi connectivity index (χ2n) is 6.43. The molecule has 1 N–H and O–H groups in total. The van der Waals surface area contributed by atoms with Crippen LogP contribution in [0.25, 0.3) is 16.2 Å². The Bertz CT molecular complexity index is 943. The fourth-order valence-electron chi connectivity index (χ4n) is 2.88. The normalized spacial score (nSPS) is 11.1. The molecule has 0 atom stereocenters. The average Bonchev–Trinajstić information content (AvgIpc) is 3.12. The van der Waals surface area contributed by atoms with Crippen LogP contribution in [0, 0.1) is 13.8 Å². The molecule has 3 aromatic rings. The molecular formula is C19H24N4O2S. The molecule has 2 aromatic heterocycles. The van der Waals surface area contributed by atoms with E-state index in [4.69, 9.17) is 9.72 Å². The third-order valence-corrected chi connectivity index (χ3v) is 5.33. The van der Waals surface area contributed by atoms with Crippen LogP contribution in [0.5, 0.6) is 0 Å². The van der Waals surface area contributed by atoms with Crippen molar-refractivity contribution in [3.8, 4) is 11.3 Å². The number of imidazole rings is 1. The Morgan fingerprint density at radius 2 is 2.12 bits per heavy atom. The van der Waals surface area contributed by atoms with Crippen LogP contribution in [0.4, 0.5) is 5.82 Å². The fraction of sp³-hybridized carbons (Fsp3) is 0.368. The molecule has 1 aromatic carbocycles. The van der Waals surface area contributed by atoms with Crippen LogP contribution in [0.15, 0.2) is 24.3 Å². The highest BCUT2D eigenvalue weighted by Crippen LogP contribution is 2.35. The fourth-order valence-corrected chi connectivity index (χ4v) is 4.02. The number of fused-ring (bicyclic) bond motifs is 1. The summed E-state index contributed by atoms with van der Waals surface area (Å²) in [5.74, 6) is 0.896.